The van der Waals surface area contributed by atoms with E-state index in [9.17, 15) is 0 Å². The second kappa shape index (κ2) is 9.82. The van der Waals surface area contributed by atoms with Gasteiger partial charge in [0.1, 0.15) is 6.29 Å². The van der Waals surface area contributed by atoms with E-state index in [1.807, 2.05) is 7.05 Å². The standard InChI is InChI=1S/C14H12.C8H18N2.C2H4O/c1-10-6-7-12-9-11-4-2-3-5-13(11)14(12)8-10;1-6(9-3)5-8-7(2)10(8)4;1-2-3/h2-8H,9H2,1H3;6-9H,5H2,1-4H3;2H,1H3. The van der Waals surface area contributed by atoms with E-state index in [2.05, 4.69) is 80.5 Å². The number of carbonyl (C=O) groups excluding carboxylic acids is 1. The van der Waals surface area contributed by atoms with Crippen molar-refractivity contribution in [1.29, 1.82) is 0 Å². The van der Waals surface area contributed by atoms with Crippen LogP contribution in [0.25, 0.3) is 11.1 Å². The molecule has 0 spiro atoms. The van der Waals surface area contributed by atoms with Gasteiger partial charge in [-0.3, -0.25) is 4.90 Å². The van der Waals surface area contributed by atoms with Gasteiger partial charge in [0.05, 0.1) is 0 Å². The highest BCUT2D eigenvalue weighted by Gasteiger charge is 2.40. The fourth-order valence-corrected chi connectivity index (χ4v) is 3.65. The second-order valence-electron chi connectivity index (χ2n) is 7.63. The third kappa shape index (κ3) is 5.50. The summed E-state index contributed by atoms with van der Waals surface area (Å²) in [6.07, 6.45) is 3.14. The molecule has 0 radical (unpaired) electrons. The Bertz CT molecular complexity index is 748. The molecule has 1 aliphatic heterocycles. The smallest absolute Gasteiger partial charge is 0.116 e. The van der Waals surface area contributed by atoms with Crippen molar-refractivity contribution in [2.75, 3.05) is 14.1 Å². The van der Waals surface area contributed by atoms with Crippen molar-refractivity contribution in [3.8, 4) is 11.1 Å². The van der Waals surface area contributed by atoms with Crippen LogP contribution in [-0.2, 0) is 11.2 Å². The molecule has 1 saturated heterocycles. The van der Waals surface area contributed by atoms with E-state index in [-0.39, 0.29) is 0 Å². The third-order valence-corrected chi connectivity index (χ3v) is 5.67. The molecule has 3 heteroatoms. The maximum atomic E-state index is 8.81. The van der Waals surface area contributed by atoms with Gasteiger partial charge in [-0.15, -0.1) is 0 Å². The van der Waals surface area contributed by atoms with Crippen LogP contribution < -0.4 is 5.32 Å². The predicted octanol–water partition coefficient (Wildman–Crippen LogP) is 4.46. The highest BCUT2D eigenvalue weighted by atomic mass is 16.1. The molecule has 2 aliphatic rings. The van der Waals surface area contributed by atoms with Gasteiger partial charge in [-0.25, -0.2) is 0 Å². The van der Waals surface area contributed by atoms with Gasteiger partial charge in [0, 0.05) is 18.1 Å². The number of hydrogen-bond donors (Lipinski definition) is 1. The monoisotopic (exact) mass is 366 g/mol. The minimum atomic E-state index is 0.664. The summed E-state index contributed by atoms with van der Waals surface area (Å²) in [5.74, 6) is 0. The van der Waals surface area contributed by atoms with Gasteiger partial charge in [0.25, 0.3) is 0 Å². The van der Waals surface area contributed by atoms with Crippen LogP contribution in [0.3, 0.4) is 0 Å². The molecule has 146 valence electrons. The molecule has 4 atom stereocenters. The fourth-order valence-electron chi connectivity index (χ4n) is 3.65. The molecule has 0 amide bonds. The summed E-state index contributed by atoms with van der Waals surface area (Å²) in [5.41, 5.74) is 7.14. The molecule has 1 heterocycles. The van der Waals surface area contributed by atoms with Crippen LogP contribution in [0.1, 0.15) is 43.9 Å². The molecule has 0 saturated carbocycles. The normalized spacial score (nSPS) is 22.2. The Labute approximate surface area is 164 Å². The largest absolute Gasteiger partial charge is 0.317 e. The van der Waals surface area contributed by atoms with Crippen LogP contribution in [-0.4, -0.2) is 43.4 Å². The number of fused-ring (bicyclic) bond motifs is 3. The lowest BCUT2D eigenvalue weighted by molar-refractivity contribution is -0.106. The first-order chi connectivity index (χ1) is 12.9. The Morgan fingerprint density at radius 1 is 1.19 bits per heavy atom. The van der Waals surface area contributed by atoms with E-state index in [0.717, 1.165) is 24.8 Å². The van der Waals surface area contributed by atoms with Crippen LogP contribution in [0, 0.1) is 6.92 Å². The van der Waals surface area contributed by atoms with E-state index in [4.69, 9.17) is 4.79 Å². The zero-order chi connectivity index (χ0) is 20.0. The van der Waals surface area contributed by atoms with Crippen molar-refractivity contribution >= 4 is 6.29 Å². The third-order valence-electron chi connectivity index (χ3n) is 5.67. The molecular weight excluding hydrogens is 332 g/mol. The topological polar surface area (TPSA) is 32.1 Å². The number of likely N-dealkylation sites (N-methyl/N-ethyl adjacent to an activating group) is 1. The molecule has 2 aromatic rings. The number of nitrogens with zero attached hydrogens (tertiary/aromatic N) is 1. The zero-order valence-corrected chi connectivity index (χ0v) is 17.6. The number of hydrogen-bond acceptors (Lipinski definition) is 3. The predicted molar refractivity (Wildman–Crippen MR) is 115 cm³/mol. The van der Waals surface area contributed by atoms with Crippen molar-refractivity contribution in [3.05, 3.63) is 59.2 Å². The van der Waals surface area contributed by atoms with Gasteiger partial charge >= 0.3 is 0 Å². The minimum Gasteiger partial charge on any atom is -0.317 e. The SMILES string of the molecule is CC=O.CNC(C)CC1C(C)N1C.Cc1ccc2c(c1)-c1ccccc1C2. The molecule has 1 N–H and O–H groups in total. The Hall–Kier alpha value is -1.97. The quantitative estimate of drug-likeness (QED) is 0.549. The number of nitrogens with one attached hydrogen (secondary N) is 1. The van der Waals surface area contributed by atoms with Crippen molar-refractivity contribution < 1.29 is 4.79 Å². The van der Waals surface area contributed by atoms with Crippen LogP contribution in [0.5, 0.6) is 0 Å². The lowest BCUT2D eigenvalue weighted by atomic mass is 10.0. The minimum absolute atomic E-state index is 0.664. The summed E-state index contributed by atoms with van der Waals surface area (Å²) in [6.45, 7) is 8.12. The van der Waals surface area contributed by atoms with Crippen molar-refractivity contribution in [3.63, 3.8) is 0 Å². The molecule has 1 fully saturated rings. The average Bonchev–Trinajstić information content (AvgIpc) is 3.07. The number of rotatable bonds is 3. The Kier molecular flexibility index (Phi) is 7.76. The van der Waals surface area contributed by atoms with Gasteiger partial charge in [-0.2, -0.15) is 0 Å². The average molecular weight is 367 g/mol. The lowest BCUT2D eigenvalue weighted by Gasteiger charge is -2.07. The maximum Gasteiger partial charge on any atom is 0.116 e. The Morgan fingerprint density at radius 3 is 2.37 bits per heavy atom. The van der Waals surface area contributed by atoms with Crippen LogP contribution in [0.4, 0.5) is 0 Å². The van der Waals surface area contributed by atoms with Gasteiger partial charge in [0.2, 0.25) is 0 Å². The molecular formula is C24H34N2O. The summed E-state index contributed by atoms with van der Waals surface area (Å²) in [7, 11) is 4.22. The molecule has 0 bridgehead atoms. The zero-order valence-electron chi connectivity index (χ0n) is 17.6. The molecule has 2 aromatic carbocycles. The highest BCUT2D eigenvalue weighted by molar-refractivity contribution is 5.77. The van der Waals surface area contributed by atoms with Gasteiger partial charge in [-0.1, -0.05) is 48.0 Å². The number of carbonyl (C=O) groups is 1. The summed E-state index contributed by atoms with van der Waals surface area (Å²) in [4.78, 5) is 11.2. The second-order valence-corrected chi connectivity index (χ2v) is 7.63. The molecule has 27 heavy (non-hydrogen) atoms. The number of benzene rings is 2. The summed E-state index contributed by atoms with van der Waals surface area (Å²) in [5, 5.41) is 3.25. The first-order valence-corrected chi connectivity index (χ1v) is 9.89. The van der Waals surface area contributed by atoms with Crippen LogP contribution in [0.15, 0.2) is 42.5 Å². The van der Waals surface area contributed by atoms with Crippen LogP contribution in [0.2, 0.25) is 0 Å². The van der Waals surface area contributed by atoms with E-state index < -0.39 is 0 Å². The molecule has 3 nitrogen and oxygen atoms in total. The first kappa shape index (κ1) is 21.3. The van der Waals surface area contributed by atoms with Gasteiger partial charge in [0.15, 0.2) is 0 Å². The van der Waals surface area contributed by atoms with E-state index >= 15 is 0 Å². The Morgan fingerprint density at radius 2 is 1.78 bits per heavy atom. The Balaban J connectivity index is 0.000000178. The molecule has 4 unspecified atom stereocenters. The first-order valence-electron chi connectivity index (χ1n) is 9.89. The van der Waals surface area contributed by atoms with E-state index in [1.54, 1.807) is 0 Å². The molecule has 0 aromatic heterocycles. The summed E-state index contributed by atoms with van der Waals surface area (Å²) < 4.78 is 0. The van der Waals surface area contributed by atoms with E-state index in [0.29, 0.717) is 6.04 Å². The molecule has 4 rings (SSSR count). The van der Waals surface area contributed by atoms with E-state index in [1.165, 1.54) is 41.2 Å². The van der Waals surface area contributed by atoms with Crippen molar-refractivity contribution in [2.45, 2.75) is 58.7 Å². The van der Waals surface area contributed by atoms with Gasteiger partial charge in [-0.05, 0) is 76.9 Å². The summed E-state index contributed by atoms with van der Waals surface area (Å²) >= 11 is 0. The van der Waals surface area contributed by atoms with Crippen molar-refractivity contribution in [2.24, 2.45) is 0 Å². The van der Waals surface area contributed by atoms with Crippen molar-refractivity contribution in [1.82, 2.24) is 10.2 Å². The molecule has 1 aliphatic carbocycles. The summed E-state index contributed by atoms with van der Waals surface area (Å²) in [6, 6.07) is 17.8. The fraction of sp³-hybridized carbons (Fsp3) is 0.458. The lowest BCUT2D eigenvalue weighted by Crippen LogP contribution is -2.23. The maximum absolute atomic E-state index is 8.81. The highest BCUT2D eigenvalue weighted by Crippen LogP contribution is 2.36. The van der Waals surface area contributed by atoms with Gasteiger partial charge < -0.3 is 10.1 Å². The van der Waals surface area contributed by atoms with Crippen LogP contribution >= 0.6 is 0 Å². The number of aryl methyl sites for hydroxylation is 1. The number of aldehydes is 1.